The van der Waals surface area contributed by atoms with Crippen LogP contribution in [0.2, 0.25) is 5.02 Å². The van der Waals surface area contributed by atoms with Gasteiger partial charge in [-0.3, -0.25) is 19.5 Å². The predicted molar refractivity (Wildman–Crippen MR) is 136 cm³/mol. The summed E-state index contributed by atoms with van der Waals surface area (Å²) in [6.07, 6.45) is 1.33. The Kier molecular flexibility index (Phi) is 7.26. The Morgan fingerprint density at radius 2 is 1.64 bits per heavy atom. The van der Waals surface area contributed by atoms with Crippen LogP contribution in [0.25, 0.3) is 0 Å². The molecule has 0 saturated heterocycles. The number of carbonyl (C=O) groups excluding carboxylic acids is 3. The SMILES string of the molecule is Nc1ccccc1NC(=O)Cc1ccc(NC(=O)c2[nH]ncc2NC(=O)c2c(F)cccc2Cl)cc1. The van der Waals surface area contributed by atoms with Crippen LogP contribution in [0.5, 0.6) is 0 Å². The number of nitrogens with two attached hydrogens (primary N) is 1. The Morgan fingerprint density at radius 3 is 2.36 bits per heavy atom. The van der Waals surface area contributed by atoms with Gasteiger partial charge in [0, 0.05) is 5.69 Å². The molecule has 0 saturated carbocycles. The zero-order chi connectivity index (χ0) is 25.7. The largest absolute Gasteiger partial charge is 0.397 e. The molecule has 0 bridgehead atoms. The zero-order valence-electron chi connectivity index (χ0n) is 18.6. The van der Waals surface area contributed by atoms with Crippen molar-refractivity contribution in [3.63, 3.8) is 0 Å². The van der Waals surface area contributed by atoms with Crippen molar-refractivity contribution in [1.82, 2.24) is 10.2 Å². The minimum absolute atomic E-state index is 0.0419. The third-order valence-electron chi connectivity index (χ3n) is 5.12. The highest BCUT2D eigenvalue weighted by molar-refractivity contribution is 6.34. The maximum Gasteiger partial charge on any atom is 0.275 e. The van der Waals surface area contributed by atoms with Crippen LogP contribution in [-0.2, 0) is 11.2 Å². The number of anilines is 4. The number of nitrogens with zero attached hydrogens (tertiary/aromatic N) is 1. The number of benzene rings is 3. The molecule has 182 valence electrons. The number of aromatic amines is 1. The van der Waals surface area contributed by atoms with Crippen LogP contribution in [0.1, 0.15) is 26.4 Å². The Bertz CT molecular complexity index is 1420. The Morgan fingerprint density at radius 1 is 0.889 bits per heavy atom. The number of rotatable bonds is 7. The maximum absolute atomic E-state index is 14.0. The fraction of sp³-hybridized carbons (Fsp3) is 0.0400. The lowest BCUT2D eigenvalue weighted by Crippen LogP contribution is -2.19. The summed E-state index contributed by atoms with van der Waals surface area (Å²) in [6, 6.07) is 17.5. The van der Waals surface area contributed by atoms with E-state index in [-0.39, 0.29) is 34.3 Å². The molecular weight excluding hydrogens is 487 g/mol. The first-order chi connectivity index (χ1) is 17.3. The lowest BCUT2D eigenvalue weighted by Gasteiger charge is -2.10. The summed E-state index contributed by atoms with van der Waals surface area (Å²) in [7, 11) is 0. The standard InChI is InChI=1S/C25H20ClFN6O3/c26-16-4-3-5-17(27)22(16)24(35)32-20-13-29-33-23(20)25(36)30-15-10-8-14(9-11-15)12-21(34)31-19-7-2-1-6-18(19)28/h1-11,13H,12,28H2,(H,29,33)(H,30,36)(H,31,34)(H,32,35). The Labute approximate surface area is 209 Å². The van der Waals surface area contributed by atoms with Crippen molar-refractivity contribution in [2.75, 3.05) is 21.7 Å². The summed E-state index contributed by atoms with van der Waals surface area (Å²) in [6.45, 7) is 0. The highest BCUT2D eigenvalue weighted by atomic mass is 35.5. The van der Waals surface area contributed by atoms with Crippen LogP contribution < -0.4 is 21.7 Å². The molecule has 3 aromatic carbocycles. The minimum atomic E-state index is -0.826. The average Bonchev–Trinajstić information content (AvgIpc) is 3.30. The van der Waals surface area contributed by atoms with Crippen LogP contribution in [0, 0.1) is 5.82 Å². The molecule has 0 atom stereocenters. The second kappa shape index (κ2) is 10.7. The molecule has 0 spiro atoms. The van der Waals surface area contributed by atoms with E-state index in [2.05, 4.69) is 26.1 Å². The molecule has 0 unspecified atom stereocenters. The van der Waals surface area contributed by atoms with Gasteiger partial charge < -0.3 is 21.7 Å². The normalized spacial score (nSPS) is 10.5. The molecular formula is C25H20ClFN6O3. The number of carbonyl (C=O) groups is 3. The fourth-order valence-electron chi connectivity index (χ4n) is 3.34. The van der Waals surface area contributed by atoms with Crippen molar-refractivity contribution in [3.8, 4) is 0 Å². The number of amides is 3. The fourth-order valence-corrected chi connectivity index (χ4v) is 3.59. The molecule has 4 rings (SSSR count). The molecule has 0 aliphatic rings. The van der Waals surface area contributed by atoms with Gasteiger partial charge in [0.1, 0.15) is 11.5 Å². The highest BCUT2D eigenvalue weighted by Gasteiger charge is 2.20. The maximum atomic E-state index is 14.0. The van der Waals surface area contributed by atoms with Gasteiger partial charge in [0.2, 0.25) is 5.91 Å². The molecule has 6 N–H and O–H groups in total. The molecule has 36 heavy (non-hydrogen) atoms. The summed E-state index contributed by atoms with van der Waals surface area (Å²) in [4.78, 5) is 37.5. The second-order valence-electron chi connectivity index (χ2n) is 7.67. The molecule has 1 aromatic heterocycles. The topological polar surface area (TPSA) is 142 Å². The molecule has 0 aliphatic heterocycles. The number of para-hydroxylation sites is 2. The van der Waals surface area contributed by atoms with E-state index in [0.29, 0.717) is 17.1 Å². The van der Waals surface area contributed by atoms with Gasteiger partial charge in [-0.05, 0) is 42.0 Å². The Balaban J connectivity index is 1.38. The van der Waals surface area contributed by atoms with Crippen LogP contribution in [0.15, 0.2) is 72.9 Å². The number of hydrogen-bond donors (Lipinski definition) is 5. The third kappa shape index (κ3) is 5.68. The first-order valence-corrected chi connectivity index (χ1v) is 11.0. The average molecular weight is 507 g/mol. The lowest BCUT2D eigenvalue weighted by molar-refractivity contribution is -0.115. The molecule has 0 fully saturated rings. The van der Waals surface area contributed by atoms with Gasteiger partial charge >= 0.3 is 0 Å². The van der Waals surface area contributed by atoms with Crippen LogP contribution >= 0.6 is 11.6 Å². The smallest absolute Gasteiger partial charge is 0.275 e. The number of nitrogens with one attached hydrogen (secondary N) is 4. The molecule has 3 amide bonds. The van der Waals surface area contributed by atoms with Gasteiger partial charge in [-0.25, -0.2) is 4.39 Å². The van der Waals surface area contributed by atoms with Crippen molar-refractivity contribution < 1.29 is 18.8 Å². The van der Waals surface area contributed by atoms with E-state index >= 15 is 0 Å². The monoisotopic (exact) mass is 506 g/mol. The molecule has 1 heterocycles. The van der Waals surface area contributed by atoms with E-state index in [9.17, 15) is 18.8 Å². The van der Waals surface area contributed by atoms with Crippen molar-refractivity contribution in [2.45, 2.75) is 6.42 Å². The third-order valence-corrected chi connectivity index (χ3v) is 5.43. The van der Waals surface area contributed by atoms with Crippen molar-refractivity contribution >= 4 is 52.1 Å². The van der Waals surface area contributed by atoms with Crippen LogP contribution in [0.3, 0.4) is 0 Å². The minimum Gasteiger partial charge on any atom is -0.397 e. The number of hydrogen-bond acceptors (Lipinski definition) is 5. The van der Waals surface area contributed by atoms with Gasteiger partial charge in [0.25, 0.3) is 11.8 Å². The van der Waals surface area contributed by atoms with Gasteiger partial charge in [0.05, 0.1) is 40.3 Å². The van der Waals surface area contributed by atoms with Crippen molar-refractivity contribution in [1.29, 1.82) is 0 Å². The van der Waals surface area contributed by atoms with E-state index in [1.165, 1.54) is 18.3 Å². The molecule has 4 aromatic rings. The van der Waals surface area contributed by atoms with Crippen LogP contribution in [-0.4, -0.2) is 27.9 Å². The summed E-state index contributed by atoms with van der Waals surface area (Å²) in [5.74, 6) is -2.45. The molecule has 11 heteroatoms. The van der Waals surface area contributed by atoms with E-state index < -0.39 is 17.6 Å². The molecule has 9 nitrogen and oxygen atoms in total. The second-order valence-corrected chi connectivity index (χ2v) is 8.08. The van der Waals surface area contributed by atoms with Gasteiger partial charge in [-0.2, -0.15) is 5.10 Å². The van der Waals surface area contributed by atoms with Crippen molar-refractivity contribution in [2.24, 2.45) is 0 Å². The summed E-state index contributed by atoms with van der Waals surface area (Å²) < 4.78 is 14.0. The van der Waals surface area contributed by atoms with Crippen LogP contribution in [0.4, 0.5) is 27.1 Å². The number of halogens is 2. The first-order valence-electron chi connectivity index (χ1n) is 10.6. The predicted octanol–water partition coefficient (Wildman–Crippen LogP) is 4.47. The quantitative estimate of drug-likeness (QED) is 0.235. The van der Waals surface area contributed by atoms with E-state index in [0.717, 1.165) is 11.6 Å². The van der Waals surface area contributed by atoms with E-state index in [1.54, 1.807) is 48.5 Å². The number of nitrogen functional groups attached to an aromatic ring is 1. The number of H-pyrrole nitrogens is 1. The van der Waals surface area contributed by atoms with Gasteiger partial charge in [0.15, 0.2) is 0 Å². The zero-order valence-corrected chi connectivity index (χ0v) is 19.4. The highest BCUT2D eigenvalue weighted by Crippen LogP contribution is 2.22. The van der Waals surface area contributed by atoms with Gasteiger partial charge in [-0.15, -0.1) is 0 Å². The summed E-state index contributed by atoms with van der Waals surface area (Å²) in [5, 5.41) is 14.1. The van der Waals surface area contributed by atoms with E-state index in [1.807, 2.05) is 0 Å². The first kappa shape index (κ1) is 24.4. The Hall–Kier alpha value is -4.70. The summed E-state index contributed by atoms with van der Waals surface area (Å²) >= 11 is 5.93. The van der Waals surface area contributed by atoms with Gasteiger partial charge in [-0.1, -0.05) is 41.9 Å². The van der Waals surface area contributed by atoms with Crippen molar-refractivity contribution in [3.05, 3.63) is 101 Å². The van der Waals surface area contributed by atoms with E-state index in [4.69, 9.17) is 17.3 Å². The number of aromatic nitrogens is 2. The molecule has 0 aliphatic carbocycles. The molecule has 0 radical (unpaired) electrons. The summed E-state index contributed by atoms with van der Waals surface area (Å²) in [5.41, 5.74) is 7.66. The lowest BCUT2D eigenvalue weighted by atomic mass is 10.1.